The zero-order valence-corrected chi connectivity index (χ0v) is 47.6. The van der Waals surface area contributed by atoms with E-state index in [2.05, 4.69) is 208 Å². The molecule has 0 fully saturated rings. The predicted octanol–water partition coefficient (Wildman–Crippen LogP) is 17.7. The minimum absolute atomic E-state index is 0.281. The highest BCUT2D eigenvalue weighted by Crippen LogP contribution is 2.34. The summed E-state index contributed by atoms with van der Waals surface area (Å²) >= 11 is 7.07. The van der Waals surface area contributed by atoms with Gasteiger partial charge in [-0.1, -0.05) is 196 Å². The van der Waals surface area contributed by atoms with Crippen molar-refractivity contribution in [1.82, 2.24) is 24.1 Å². The van der Waals surface area contributed by atoms with Gasteiger partial charge in [0.15, 0.2) is 0 Å². The summed E-state index contributed by atoms with van der Waals surface area (Å²) in [6.45, 7) is 2.44. The number of hydrazine groups is 1. The molecule has 0 spiro atoms. The molecule has 11 heteroatoms. The second-order valence-corrected chi connectivity index (χ2v) is 21.9. The highest BCUT2D eigenvalue weighted by molar-refractivity contribution is 9.10. The Bertz CT molecular complexity index is 4800. The number of nitrogens with zero attached hydrogens (tertiary/aromatic N) is 3. The minimum atomic E-state index is -0.896. The van der Waals surface area contributed by atoms with E-state index in [0.29, 0.717) is 11.1 Å². The number of aromatic carboxylic acids is 1. The Labute approximate surface area is 489 Å². The highest BCUT2D eigenvalue weighted by Gasteiger charge is 2.16. The molecule has 1 amide bonds. The van der Waals surface area contributed by atoms with Crippen LogP contribution >= 0.6 is 31.9 Å². The van der Waals surface area contributed by atoms with Gasteiger partial charge in [-0.15, -0.1) is 0 Å². The van der Waals surface area contributed by atoms with E-state index in [1.165, 1.54) is 60.3 Å². The lowest BCUT2D eigenvalue weighted by Gasteiger charge is -2.08. The lowest BCUT2D eigenvalue weighted by Crippen LogP contribution is -2.29. The van der Waals surface area contributed by atoms with Gasteiger partial charge < -0.3 is 23.8 Å². The topological polar surface area (TPSA) is 123 Å². The van der Waals surface area contributed by atoms with Crippen LogP contribution in [0.4, 0.5) is 0 Å². The standard InChI is InChI=1S/C20H17N3O.C20H15NO2.C19H14BrN.C12H8BrN/c21-22-20(24)15-10-11-19-17(12-15)16-8-4-5-9-18(16)23(19)13-14-6-2-1-3-7-14;22-20(23)15-10-11-19-17(12-15)16-8-4-5-9-18(16)21(19)13-14-6-2-1-3-7-14;20-15-10-11-19-17(12-15)16-8-4-5-9-18(16)21(19)13-14-6-2-1-3-7-14;13-8-5-6-12-10(7-8)9-3-1-2-4-11(9)14-12/h1-12H,13,21H2,(H,22,24);1-12H,13H2,(H,22,23);1-12H,13H2;1-7,14H. The number of H-pyrrole nitrogens is 1. The van der Waals surface area contributed by atoms with E-state index in [1.807, 2.05) is 97.1 Å². The van der Waals surface area contributed by atoms with Gasteiger partial charge in [-0.2, -0.15) is 0 Å². The van der Waals surface area contributed by atoms with Crippen LogP contribution in [-0.2, 0) is 19.6 Å². The molecule has 0 aliphatic rings. The first-order valence-corrected chi connectivity index (χ1v) is 28.5. The molecule has 11 aromatic carbocycles. The molecule has 0 unspecified atom stereocenters. The maximum atomic E-state index is 11.8. The van der Waals surface area contributed by atoms with Crippen molar-refractivity contribution in [3.63, 3.8) is 0 Å². The van der Waals surface area contributed by atoms with Crippen molar-refractivity contribution in [2.24, 2.45) is 5.84 Å². The van der Waals surface area contributed by atoms with E-state index in [9.17, 15) is 14.7 Å². The van der Waals surface area contributed by atoms with Gasteiger partial charge in [0.1, 0.15) is 0 Å². The second kappa shape index (κ2) is 23.7. The molecule has 0 saturated carbocycles. The molecule has 0 bridgehead atoms. The van der Waals surface area contributed by atoms with Crippen LogP contribution in [0.5, 0.6) is 0 Å². The van der Waals surface area contributed by atoms with Crippen LogP contribution in [0, 0.1) is 0 Å². The van der Waals surface area contributed by atoms with E-state index in [1.54, 1.807) is 12.1 Å². The Morgan fingerprint density at radius 3 is 1.17 bits per heavy atom. The number of halogens is 2. The fourth-order valence-electron chi connectivity index (χ4n) is 11.1. The van der Waals surface area contributed by atoms with Crippen molar-refractivity contribution < 1.29 is 14.7 Å². The molecule has 15 aromatic rings. The summed E-state index contributed by atoms with van der Waals surface area (Å²) in [5.74, 6) is 4.09. The number of hydrogen-bond donors (Lipinski definition) is 4. The summed E-state index contributed by atoms with van der Waals surface area (Å²) in [5.41, 5.74) is 16.2. The number of carbonyl (C=O) groups is 2. The fourth-order valence-corrected chi connectivity index (χ4v) is 11.8. The van der Waals surface area contributed by atoms with Crippen LogP contribution in [-0.4, -0.2) is 35.7 Å². The summed E-state index contributed by atoms with van der Waals surface area (Å²) < 4.78 is 9.16. The number of amides is 1. The highest BCUT2D eigenvalue weighted by atomic mass is 79.9. The van der Waals surface area contributed by atoms with Crippen molar-refractivity contribution in [2.45, 2.75) is 19.6 Å². The number of fused-ring (bicyclic) bond motifs is 12. The SMILES string of the molecule is Brc1ccc2[nH]c3ccccc3c2c1.Brc1ccc2c(c1)c1ccccc1n2Cc1ccccc1.NNC(=O)c1ccc2c(c1)c1ccccc1n2Cc1ccccc1.O=C(O)c1ccc2c(c1)c1ccccc1n2Cc1ccccc1. The van der Waals surface area contributed by atoms with Crippen LogP contribution in [0.15, 0.2) is 270 Å². The molecule has 0 saturated heterocycles. The Balaban J connectivity index is 0.000000110. The lowest BCUT2D eigenvalue weighted by molar-refractivity contribution is 0.0696. The van der Waals surface area contributed by atoms with Crippen LogP contribution < -0.4 is 11.3 Å². The number of para-hydroxylation sites is 4. The number of nitrogens with two attached hydrogens (primary N) is 1. The van der Waals surface area contributed by atoms with Crippen LogP contribution in [0.3, 0.4) is 0 Å². The van der Waals surface area contributed by atoms with Crippen LogP contribution in [0.1, 0.15) is 37.4 Å². The third-order valence-corrected chi connectivity index (χ3v) is 15.9. The summed E-state index contributed by atoms with van der Waals surface area (Å²) in [5, 5.41) is 18.7. The van der Waals surface area contributed by atoms with E-state index in [0.717, 1.165) is 72.2 Å². The fraction of sp³-hybridized carbons (Fsp3) is 0.0423. The minimum Gasteiger partial charge on any atom is -0.478 e. The predicted molar refractivity (Wildman–Crippen MR) is 345 cm³/mol. The number of benzene rings is 11. The normalized spacial score (nSPS) is 11.2. The molecular weight excluding hydrogens is 1140 g/mol. The number of aromatic amines is 1. The average Bonchev–Trinajstić information content (AvgIpc) is 4.40. The number of rotatable bonds is 8. The molecule has 9 nitrogen and oxygen atoms in total. The van der Waals surface area contributed by atoms with Gasteiger partial charge in [0.05, 0.1) is 5.56 Å². The monoisotopic (exact) mass is 1200 g/mol. The Morgan fingerprint density at radius 2 is 0.707 bits per heavy atom. The van der Waals surface area contributed by atoms with Gasteiger partial charge in [0, 0.05) is 121 Å². The molecule has 400 valence electrons. The van der Waals surface area contributed by atoms with Gasteiger partial charge in [-0.25, -0.2) is 10.6 Å². The molecule has 0 aliphatic carbocycles. The largest absolute Gasteiger partial charge is 0.478 e. The Morgan fingerprint density at radius 1 is 0.366 bits per heavy atom. The number of carboxylic acids is 1. The molecule has 4 aromatic heterocycles. The smallest absolute Gasteiger partial charge is 0.335 e. The van der Waals surface area contributed by atoms with Gasteiger partial charge >= 0.3 is 5.97 Å². The number of aromatic nitrogens is 4. The van der Waals surface area contributed by atoms with Gasteiger partial charge in [0.2, 0.25) is 0 Å². The third kappa shape index (κ3) is 10.9. The first-order valence-electron chi connectivity index (χ1n) is 26.9. The molecule has 82 heavy (non-hydrogen) atoms. The van der Waals surface area contributed by atoms with Gasteiger partial charge in [-0.3, -0.25) is 10.2 Å². The number of hydrogen-bond acceptors (Lipinski definition) is 3. The zero-order chi connectivity index (χ0) is 56.1. The number of nitrogen functional groups attached to an aromatic ring is 1. The maximum Gasteiger partial charge on any atom is 0.335 e. The second-order valence-electron chi connectivity index (χ2n) is 20.0. The van der Waals surface area contributed by atoms with Crippen molar-refractivity contribution in [3.05, 3.63) is 298 Å². The molecule has 4 heterocycles. The summed E-state index contributed by atoms with van der Waals surface area (Å²) in [7, 11) is 0. The van der Waals surface area contributed by atoms with Crippen LogP contribution in [0.25, 0.3) is 87.2 Å². The van der Waals surface area contributed by atoms with E-state index in [4.69, 9.17) is 5.84 Å². The Hall–Kier alpha value is -9.52. The zero-order valence-electron chi connectivity index (χ0n) is 44.4. The molecular formula is C71H54Br2N6O3. The van der Waals surface area contributed by atoms with E-state index >= 15 is 0 Å². The van der Waals surface area contributed by atoms with E-state index in [-0.39, 0.29) is 5.91 Å². The first-order chi connectivity index (χ1) is 40.2. The summed E-state index contributed by atoms with van der Waals surface area (Å²) in [4.78, 5) is 26.5. The lowest BCUT2D eigenvalue weighted by atomic mass is 10.1. The third-order valence-electron chi connectivity index (χ3n) is 14.9. The number of carbonyl (C=O) groups excluding carboxylic acids is 1. The number of carboxylic acid groups (broad SMARTS) is 1. The molecule has 0 atom stereocenters. The molecule has 0 radical (unpaired) electrons. The van der Waals surface area contributed by atoms with Crippen LogP contribution in [0.2, 0.25) is 0 Å². The van der Waals surface area contributed by atoms with Crippen molar-refractivity contribution in [2.75, 3.05) is 0 Å². The van der Waals surface area contributed by atoms with Gasteiger partial charge in [-0.05, 0) is 114 Å². The number of nitrogens with one attached hydrogen (secondary N) is 2. The van der Waals surface area contributed by atoms with Crippen molar-refractivity contribution in [1.29, 1.82) is 0 Å². The van der Waals surface area contributed by atoms with E-state index < -0.39 is 5.97 Å². The van der Waals surface area contributed by atoms with Crippen molar-refractivity contribution >= 4 is 131 Å². The molecule has 15 rings (SSSR count). The van der Waals surface area contributed by atoms with Crippen molar-refractivity contribution in [3.8, 4) is 0 Å². The Kier molecular flexibility index (Phi) is 15.3. The first kappa shape index (κ1) is 53.1. The quantitative estimate of drug-likeness (QED) is 0.0687. The maximum absolute atomic E-state index is 11.8. The van der Waals surface area contributed by atoms with Gasteiger partial charge in [0.25, 0.3) is 5.91 Å². The molecule has 5 N–H and O–H groups in total. The summed E-state index contributed by atoms with van der Waals surface area (Å²) in [6, 6.07) is 88.5. The summed E-state index contributed by atoms with van der Waals surface area (Å²) in [6.07, 6.45) is 0. The average molecular weight is 1200 g/mol. The molecule has 0 aliphatic heterocycles.